The number of para-hydroxylation sites is 1. The molecule has 0 aliphatic heterocycles. The van der Waals surface area contributed by atoms with E-state index in [0.717, 1.165) is 29.9 Å². The van der Waals surface area contributed by atoms with Crippen molar-refractivity contribution in [2.24, 2.45) is 11.7 Å². The zero-order valence-electron chi connectivity index (χ0n) is 9.24. The number of hydrogen-bond acceptors (Lipinski definition) is 2. The van der Waals surface area contributed by atoms with E-state index in [2.05, 4.69) is 0 Å². The second kappa shape index (κ2) is 4.23. The summed E-state index contributed by atoms with van der Waals surface area (Å²) in [5.41, 5.74) is 8.02. The molecule has 2 rings (SSSR count). The Morgan fingerprint density at radius 3 is 2.80 bits per heavy atom. The first-order valence-electron chi connectivity index (χ1n) is 5.78. The Balaban J connectivity index is 2.17. The predicted molar refractivity (Wildman–Crippen MR) is 61.8 cm³/mol. The largest absolute Gasteiger partial charge is 0.507 e. The maximum absolute atomic E-state index is 10.0. The van der Waals surface area contributed by atoms with Crippen LogP contribution < -0.4 is 5.73 Å². The minimum absolute atomic E-state index is 0.00370. The van der Waals surface area contributed by atoms with Crippen LogP contribution in [0.2, 0.25) is 0 Å². The molecule has 15 heavy (non-hydrogen) atoms. The summed E-state index contributed by atoms with van der Waals surface area (Å²) in [4.78, 5) is 0. The van der Waals surface area contributed by atoms with Gasteiger partial charge in [0.1, 0.15) is 5.75 Å². The fourth-order valence-corrected chi connectivity index (χ4v) is 2.04. The molecule has 1 aliphatic carbocycles. The summed E-state index contributed by atoms with van der Waals surface area (Å²) >= 11 is 0. The van der Waals surface area contributed by atoms with E-state index in [9.17, 15) is 5.11 Å². The van der Waals surface area contributed by atoms with E-state index in [0.29, 0.717) is 5.75 Å². The molecule has 1 aliphatic rings. The number of phenols is 1. The maximum Gasteiger partial charge on any atom is 0.123 e. The summed E-state index contributed by atoms with van der Waals surface area (Å²) in [5, 5.41) is 10.0. The minimum Gasteiger partial charge on any atom is -0.507 e. The van der Waals surface area contributed by atoms with Crippen molar-refractivity contribution < 1.29 is 5.11 Å². The van der Waals surface area contributed by atoms with E-state index in [1.807, 2.05) is 25.1 Å². The zero-order valence-corrected chi connectivity index (χ0v) is 9.24. The highest BCUT2D eigenvalue weighted by Crippen LogP contribution is 2.39. The fraction of sp³-hybridized carbons (Fsp3) is 0.538. The molecular weight excluding hydrogens is 186 g/mol. The molecule has 1 saturated carbocycles. The number of phenolic OH excluding ortho intramolecular Hbond substituents is 1. The molecule has 2 nitrogen and oxygen atoms in total. The summed E-state index contributed by atoms with van der Waals surface area (Å²) in [6, 6.07) is 5.90. The lowest BCUT2D eigenvalue weighted by atomic mass is 9.98. The molecule has 1 fully saturated rings. The van der Waals surface area contributed by atoms with Crippen LogP contribution >= 0.6 is 0 Å². The third-order valence-electron chi connectivity index (χ3n) is 3.22. The van der Waals surface area contributed by atoms with Gasteiger partial charge in [-0.1, -0.05) is 38.0 Å². The van der Waals surface area contributed by atoms with Gasteiger partial charge in [0.25, 0.3) is 0 Å². The van der Waals surface area contributed by atoms with Gasteiger partial charge in [0.05, 0.1) is 0 Å². The molecule has 0 saturated heterocycles. The lowest BCUT2D eigenvalue weighted by Crippen LogP contribution is -2.11. The molecule has 0 bridgehead atoms. The summed E-state index contributed by atoms with van der Waals surface area (Å²) < 4.78 is 0. The van der Waals surface area contributed by atoms with Crippen LogP contribution in [-0.2, 0) is 6.42 Å². The van der Waals surface area contributed by atoms with E-state index in [4.69, 9.17) is 5.73 Å². The molecule has 0 radical (unpaired) electrons. The summed E-state index contributed by atoms with van der Waals surface area (Å²) in [6.45, 7) is 2.05. The van der Waals surface area contributed by atoms with Crippen LogP contribution in [0.1, 0.15) is 43.4 Å². The average Bonchev–Trinajstić information content (AvgIpc) is 3.02. The van der Waals surface area contributed by atoms with Gasteiger partial charge in [-0.05, 0) is 24.3 Å². The van der Waals surface area contributed by atoms with E-state index >= 15 is 0 Å². The Kier molecular flexibility index (Phi) is 2.96. The minimum atomic E-state index is 0.00370. The first-order chi connectivity index (χ1) is 7.22. The SMILES string of the molecule is CCc1cccc([C@H](N)CC2CC2)c1O. The molecule has 0 heterocycles. The van der Waals surface area contributed by atoms with Crippen molar-refractivity contribution in [1.29, 1.82) is 0 Å². The van der Waals surface area contributed by atoms with Gasteiger partial charge in [-0.3, -0.25) is 0 Å². The van der Waals surface area contributed by atoms with Crippen molar-refractivity contribution in [3.63, 3.8) is 0 Å². The molecule has 1 aromatic carbocycles. The van der Waals surface area contributed by atoms with Crippen LogP contribution in [0.15, 0.2) is 18.2 Å². The first-order valence-corrected chi connectivity index (χ1v) is 5.78. The quantitative estimate of drug-likeness (QED) is 0.794. The number of aromatic hydroxyl groups is 1. The van der Waals surface area contributed by atoms with E-state index in [1.165, 1.54) is 12.8 Å². The van der Waals surface area contributed by atoms with E-state index in [1.54, 1.807) is 0 Å². The Labute approximate surface area is 91.1 Å². The van der Waals surface area contributed by atoms with Crippen molar-refractivity contribution in [3.05, 3.63) is 29.3 Å². The molecule has 0 aromatic heterocycles. The van der Waals surface area contributed by atoms with Crippen LogP contribution in [0.4, 0.5) is 0 Å². The summed E-state index contributed by atoms with van der Waals surface area (Å²) in [5.74, 6) is 1.21. The van der Waals surface area contributed by atoms with Crippen molar-refractivity contribution in [2.45, 2.75) is 38.6 Å². The van der Waals surface area contributed by atoms with Crippen molar-refractivity contribution in [2.75, 3.05) is 0 Å². The predicted octanol–water partition coefficient (Wildman–Crippen LogP) is 2.75. The second-order valence-electron chi connectivity index (χ2n) is 4.49. The lowest BCUT2D eigenvalue weighted by Gasteiger charge is -2.15. The number of aryl methyl sites for hydroxylation is 1. The molecule has 0 spiro atoms. The van der Waals surface area contributed by atoms with Crippen LogP contribution in [0.5, 0.6) is 5.75 Å². The van der Waals surface area contributed by atoms with Crippen LogP contribution in [-0.4, -0.2) is 5.11 Å². The Morgan fingerprint density at radius 1 is 1.47 bits per heavy atom. The lowest BCUT2D eigenvalue weighted by molar-refractivity contribution is 0.449. The Bertz CT molecular complexity index is 344. The van der Waals surface area contributed by atoms with Gasteiger partial charge in [-0.15, -0.1) is 0 Å². The summed E-state index contributed by atoms with van der Waals surface area (Å²) in [6.07, 6.45) is 4.49. The Morgan fingerprint density at radius 2 is 2.20 bits per heavy atom. The number of hydrogen-bond donors (Lipinski definition) is 2. The molecule has 0 unspecified atom stereocenters. The smallest absolute Gasteiger partial charge is 0.123 e. The Hall–Kier alpha value is -1.02. The zero-order chi connectivity index (χ0) is 10.8. The molecule has 1 atom stereocenters. The van der Waals surface area contributed by atoms with Gasteiger partial charge in [-0.2, -0.15) is 0 Å². The number of rotatable bonds is 4. The highest BCUT2D eigenvalue weighted by Gasteiger charge is 2.25. The van der Waals surface area contributed by atoms with E-state index in [-0.39, 0.29) is 6.04 Å². The maximum atomic E-state index is 10.0. The van der Waals surface area contributed by atoms with Gasteiger partial charge >= 0.3 is 0 Å². The molecule has 2 heteroatoms. The topological polar surface area (TPSA) is 46.2 Å². The van der Waals surface area contributed by atoms with Crippen molar-refractivity contribution in [1.82, 2.24) is 0 Å². The highest BCUT2D eigenvalue weighted by molar-refractivity contribution is 5.42. The van der Waals surface area contributed by atoms with Gasteiger partial charge in [0.2, 0.25) is 0 Å². The van der Waals surface area contributed by atoms with Gasteiger partial charge in [0, 0.05) is 11.6 Å². The second-order valence-corrected chi connectivity index (χ2v) is 4.49. The molecule has 1 aromatic rings. The molecular formula is C13H19NO. The van der Waals surface area contributed by atoms with E-state index < -0.39 is 0 Å². The fourth-order valence-electron chi connectivity index (χ4n) is 2.04. The van der Waals surface area contributed by atoms with Crippen molar-refractivity contribution in [3.8, 4) is 5.75 Å². The van der Waals surface area contributed by atoms with Crippen LogP contribution in [0.25, 0.3) is 0 Å². The average molecular weight is 205 g/mol. The standard InChI is InChI=1S/C13H19NO/c1-2-10-4-3-5-11(13(10)15)12(14)8-9-6-7-9/h3-5,9,12,15H,2,6-8,14H2,1H3/t12-/m1/s1. The van der Waals surface area contributed by atoms with Gasteiger partial charge < -0.3 is 10.8 Å². The van der Waals surface area contributed by atoms with Crippen molar-refractivity contribution >= 4 is 0 Å². The number of benzene rings is 1. The molecule has 82 valence electrons. The normalized spacial score (nSPS) is 17.7. The molecule has 0 amide bonds. The third kappa shape index (κ3) is 2.32. The summed E-state index contributed by atoms with van der Waals surface area (Å²) in [7, 11) is 0. The monoisotopic (exact) mass is 205 g/mol. The van der Waals surface area contributed by atoms with Crippen LogP contribution in [0, 0.1) is 5.92 Å². The van der Waals surface area contributed by atoms with Gasteiger partial charge in [0.15, 0.2) is 0 Å². The highest BCUT2D eigenvalue weighted by atomic mass is 16.3. The number of nitrogens with two attached hydrogens (primary N) is 1. The van der Waals surface area contributed by atoms with Gasteiger partial charge in [-0.25, -0.2) is 0 Å². The molecule has 3 N–H and O–H groups in total. The third-order valence-corrected chi connectivity index (χ3v) is 3.22. The van der Waals surface area contributed by atoms with Crippen LogP contribution in [0.3, 0.4) is 0 Å². The first kappa shape index (κ1) is 10.5.